The molecule has 0 bridgehead atoms. The molecule has 0 heterocycles. The van der Waals surface area contributed by atoms with Crippen LogP contribution >= 0.6 is 0 Å². The molecule has 10 heavy (non-hydrogen) atoms. The van der Waals surface area contributed by atoms with Gasteiger partial charge in [-0.1, -0.05) is 13.8 Å². The predicted molar refractivity (Wildman–Crippen MR) is 40.5 cm³/mol. The molecule has 0 rings (SSSR count). The van der Waals surface area contributed by atoms with Crippen molar-refractivity contribution in [2.75, 3.05) is 13.7 Å². The van der Waals surface area contributed by atoms with Crippen molar-refractivity contribution in [1.29, 1.82) is 5.26 Å². The lowest BCUT2D eigenvalue weighted by Crippen LogP contribution is -2.22. The van der Waals surface area contributed by atoms with Crippen LogP contribution in [0.1, 0.15) is 26.7 Å². The fourth-order valence-electron chi connectivity index (χ4n) is 0.921. The third kappa shape index (κ3) is 2.00. The summed E-state index contributed by atoms with van der Waals surface area (Å²) in [4.78, 5) is 0. The van der Waals surface area contributed by atoms with Crippen molar-refractivity contribution in [2.45, 2.75) is 26.7 Å². The van der Waals surface area contributed by atoms with Crippen LogP contribution in [0.4, 0.5) is 0 Å². The molecule has 0 aliphatic heterocycles. The Kier molecular flexibility index (Phi) is 4.06. The van der Waals surface area contributed by atoms with Gasteiger partial charge in [-0.15, -0.1) is 0 Å². The Bertz CT molecular complexity index is 122. The van der Waals surface area contributed by atoms with Gasteiger partial charge in [0.1, 0.15) is 0 Å². The van der Waals surface area contributed by atoms with Crippen molar-refractivity contribution in [3.05, 3.63) is 0 Å². The van der Waals surface area contributed by atoms with Gasteiger partial charge >= 0.3 is 0 Å². The second kappa shape index (κ2) is 4.29. The molecule has 0 saturated heterocycles. The summed E-state index contributed by atoms with van der Waals surface area (Å²) in [6.45, 7) is 4.59. The lowest BCUT2D eigenvalue weighted by molar-refractivity contribution is 0.110. The number of hydrogen-bond acceptors (Lipinski definition) is 2. The Morgan fingerprint density at radius 2 is 1.90 bits per heavy atom. The van der Waals surface area contributed by atoms with Gasteiger partial charge in [0.2, 0.25) is 0 Å². The molecule has 0 aromatic rings. The largest absolute Gasteiger partial charge is 0.383 e. The molecule has 0 spiro atoms. The molecule has 2 heteroatoms. The van der Waals surface area contributed by atoms with Crippen molar-refractivity contribution < 1.29 is 4.74 Å². The Morgan fingerprint density at radius 3 is 2.00 bits per heavy atom. The maximum Gasteiger partial charge on any atom is 0.0801 e. The smallest absolute Gasteiger partial charge is 0.0801 e. The van der Waals surface area contributed by atoms with E-state index in [1.165, 1.54) is 0 Å². The van der Waals surface area contributed by atoms with Crippen LogP contribution in [0.25, 0.3) is 0 Å². The Morgan fingerprint density at radius 1 is 1.40 bits per heavy atom. The molecule has 0 N–H and O–H groups in total. The molecule has 0 radical (unpaired) electrons. The highest BCUT2D eigenvalue weighted by molar-refractivity contribution is 4.96. The third-order valence-electron chi connectivity index (χ3n) is 2.01. The van der Waals surface area contributed by atoms with E-state index in [0.717, 1.165) is 12.8 Å². The Labute approximate surface area is 62.8 Å². The van der Waals surface area contributed by atoms with Gasteiger partial charge in [-0.05, 0) is 12.8 Å². The van der Waals surface area contributed by atoms with Gasteiger partial charge in [0.15, 0.2) is 0 Å². The molecule has 0 fully saturated rings. The fraction of sp³-hybridized carbons (Fsp3) is 0.875. The van der Waals surface area contributed by atoms with E-state index < -0.39 is 0 Å². The highest BCUT2D eigenvalue weighted by Gasteiger charge is 2.24. The first-order valence-electron chi connectivity index (χ1n) is 3.65. The quantitative estimate of drug-likeness (QED) is 0.599. The van der Waals surface area contributed by atoms with E-state index in [2.05, 4.69) is 6.07 Å². The van der Waals surface area contributed by atoms with E-state index >= 15 is 0 Å². The molecule has 0 unspecified atom stereocenters. The molecular weight excluding hydrogens is 126 g/mol. The van der Waals surface area contributed by atoms with E-state index in [-0.39, 0.29) is 5.41 Å². The fourth-order valence-corrected chi connectivity index (χ4v) is 0.921. The van der Waals surface area contributed by atoms with Gasteiger partial charge < -0.3 is 4.74 Å². The van der Waals surface area contributed by atoms with E-state index in [9.17, 15) is 0 Å². The first-order chi connectivity index (χ1) is 4.74. The maximum atomic E-state index is 8.78. The van der Waals surface area contributed by atoms with Crippen LogP contribution in [0.2, 0.25) is 0 Å². The van der Waals surface area contributed by atoms with Crippen molar-refractivity contribution in [2.24, 2.45) is 5.41 Å². The van der Waals surface area contributed by atoms with Gasteiger partial charge in [-0.25, -0.2) is 0 Å². The zero-order chi connectivity index (χ0) is 8.04. The second-order valence-corrected chi connectivity index (χ2v) is 2.53. The molecule has 2 nitrogen and oxygen atoms in total. The second-order valence-electron chi connectivity index (χ2n) is 2.53. The maximum absolute atomic E-state index is 8.78. The first-order valence-corrected chi connectivity index (χ1v) is 3.65. The molecule has 0 aliphatic rings. The van der Waals surface area contributed by atoms with Crippen molar-refractivity contribution in [3.8, 4) is 6.07 Å². The van der Waals surface area contributed by atoms with E-state index in [1.54, 1.807) is 7.11 Å². The Balaban J connectivity index is 4.05. The van der Waals surface area contributed by atoms with Crippen molar-refractivity contribution in [3.63, 3.8) is 0 Å². The van der Waals surface area contributed by atoms with Gasteiger partial charge in [-0.3, -0.25) is 0 Å². The number of nitrogens with zero attached hydrogens (tertiary/aromatic N) is 1. The summed E-state index contributed by atoms with van der Waals surface area (Å²) in [5, 5.41) is 8.78. The molecule has 0 amide bonds. The average Bonchev–Trinajstić information content (AvgIpc) is 2.01. The predicted octanol–water partition coefficient (Wildman–Crippen LogP) is 1.96. The van der Waals surface area contributed by atoms with E-state index in [1.807, 2.05) is 13.8 Å². The minimum Gasteiger partial charge on any atom is -0.383 e. The topological polar surface area (TPSA) is 33.0 Å². The van der Waals surface area contributed by atoms with Crippen molar-refractivity contribution >= 4 is 0 Å². The first kappa shape index (κ1) is 9.45. The summed E-state index contributed by atoms with van der Waals surface area (Å²) in [6.07, 6.45) is 1.74. The summed E-state index contributed by atoms with van der Waals surface area (Å²) in [5.74, 6) is 0. The van der Waals surface area contributed by atoms with Crippen LogP contribution < -0.4 is 0 Å². The highest BCUT2D eigenvalue weighted by Crippen LogP contribution is 2.24. The number of hydrogen-bond donors (Lipinski definition) is 0. The molecule has 0 atom stereocenters. The van der Waals surface area contributed by atoms with Crippen LogP contribution in [0.15, 0.2) is 0 Å². The van der Waals surface area contributed by atoms with Crippen LogP contribution in [0, 0.1) is 16.7 Å². The van der Waals surface area contributed by atoms with E-state index in [4.69, 9.17) is 10.00 Å². The third-order valence-corrected chi connectivity index (χ3v) is 2.01. The average molecular weight is 141 g/mol. The number of rotatable bonds is 4. The molecule has 0 saturated carbocycles. The van der Waals surface area contributed by atoms with Gasteiger partial charge in [0.05, 0.1) is 18.1 Å². The zero-order valence-electron chi connectivity index (χ0n) is 6.98. The minimum atomic E-state index is -0.241. The van der Waals surface area contributed by atoms with Crippen LogP contribution in [-0.2, 0) is 4.74 Å². The summed E-state index contributed by atoms with van der Waals surface area (Å²) in [7, 11) is 1.64. The normalized spacial score (nSPS) is 11.0. The lowest BCUT2D eigenvalue weighted by atomic mass is 9.85. The summed E-state index contributed by atoms with van der Waals surface area (Å²) < 4.78 is 4.96. The molecule has 0 aromatic heterocycles. The van der Waals surface area contributed by atoms with Gasteiger partial charge in [-0.2, -0.15) is 5.26 Å². The lowest BCUT2D eigenvalue weighted by Gasteiger charge is -2.21. The van der Waals surface area contributed by atoms with Gasteiger partial charge in [0, 0.05) is 7.11 Å². The van der Waals surface area contributed by atoms with Gasteiger partial charge in [0.25, 0.3) is 0 Å². The zero-order valence-corrected chi connectivity index (χ0v) is 6.98. The summed E-state index contributed by atoms with van der Waals surface area (Å²) in [5.41, 5.74) is -0.241. The molecule has 0 aliphatic carbocycles. The number of nitriles is 1. The van der Waals surface area contributed by atoms with Crippen LogP contribution in [-0.4, -0.2) is 13.7 Å². The molecule has 58 valence electrons. The summed E-state index contributed by atoms with van der Waals surface area (Å²) >= 11 is 0. The van der Waals surface area contributed by atoms with Crippen molar-refractivity contribution in [1.82, 2.24) is 0 Å². The molecular formula is C8H15NO. The highest BCUT2D eigenvalue weighted by atomic mass is 16.5. The Hall–Kier alpha value is -0.550. The summed E-state index contributed by atoms with van der Waals surface area (Å²) in [6, 6.07) is 2.29. The number of methoxy groups -OCH3 is 1. The molecule has 0 aromatic carbocycles. The van der Waals surface area contributed by atoms with Crippen LogP contribution in [0.5, 0.6) is 0 Å². The standard InChI is InChI=1S/C8H15NO/c1-4-8(5-2,6-9)7-10-3/h4-5,7H2,1-3H3. The van der Waals surface area contributed by atoms with Crippen LogP contribution in [0.3, 0.4) is 0 Å². The minimum absolute atomic E-state index is 0.241. The SMILES string of the molecule is CCC(C#N)(CC)COC. The van der Waals surface area contributed by atoms with E-state index in [0.29, 0.717) is 6.61 Å². The number of ether oxygens (including phenoxy) is 1. The monoisotopic (exact) mass is 141 g/mol.